The van der Waals surface area contributed by atoms with Crippen molar-refractivity contribution in [3.63, 3.8) is 0 Å². The Morgan fingerprint density at radius 3 is 2.81 bits per heavy atom. The molecular weight excluding hydrogens is 214 g/mol. The van der Waals surface area contributed by atoms with Gasteiger partial charge in [-0.15, -0.1) is 0 Å². The van der Waals surface area contributed by atoms with Crippen molar-refractivity contribution in [1.29, 1.82) is 0 Å². The fourth-order valence-corrected chi connectivity index (χ4v) is 1.37. The molecule has 1 heterocycles. The molecule has 16 heavy (non-hydrogen) atoms. The molecule has 0 unspecified atom stereocenters. The SMILES string of the molecule is COc1cn(-c2cccc(C(F)F)c2)cn1. The fourth-order valence-electron chi connectivity index (χ4n) is 1.37. The van der Waals surface area contributed by atoms with Crippen LogP contribution in [0.3, 0.4) is 0 Å². The van der Waals surface area contributed by atoms with E-state index in [1.807, 2.05) is 0 Å². The summed E-state index contributed by atoms with van der Waals surface area (Å²) in [6.07, 6.45) is 0.680. The van der Waals surface area contributed by atoms with Crippen LogP contribution in [0, 0.1) is 0 Å². The first-order valence-electron chi connectivity index (χ1n) is 4.67. The van der Waals surface area contributed by atoms with Crippen molar-refractivity contribution in [1.82, 2.24) is 9.55 Å². The number of halogens is 2. The Bertz CT molecular complexity index is 482. The van der Waals surface area contributed by atoms with Gasteiger partial charge in [-0.3, -0.25) is 0 Å². The number of rotatable bonds is 3. The van der Waals surface area contributed by atoms with Gasteiger partial charge in [-0.1, -0.05) is 12.1 Å². The average molecular weight is 224 g/mol. The summed E-state index contributed by atoms with van der Waals surface area (Å²) in [6.45, 7) is 0. The highest BCUT2D eigenvalue weighted by atomic mass is 19.3. The van der Waals surface area contributed by atoms with Gasteiger partial charge < -0.3 is 9.30 Å². The van der Waals surface area contributed by atoms with E-state index in [1.54, 1.807) is 22.9 Å². The molecular formula is C11H10F2N2O. The van der Waals surface area contributed by atoms with E-state index < -0.39 is 6.43 Å². The van der Waals surface area contributed by atoms with Crippen LogP contribution in [0.25, 0.3) is 5.69 Å². The van der Waals surface area contributed by atoms with Crippen LogP contribution in [0.5, 0.6) is 5.88 Å². The van der Waals surface area contributed by atoms with Crippen LogP contribution in [0.15, 0.2) is 36.8 Å². The number of aromatic nitrogens is 2. The number of benzene rings is 1. The van der Waals surface area contributed by atoms with E-state index in [-0.39, 0.29) is 5.56 Å². The fraction of sp³-hybridized carbons (Fsp3) is 0.182. The maximum atomic E-state index is 12.5. The Morgan fingerprint density at radius 1 is 1.38 bits per heavy atom. The quantitative estimate of drug-likeness (QED) is 0.801. The van der Waals surface area contributed by atoms with Gasteiger partial charge in [-0.05, 0) is 12.1 Å². The summed E-state index contributed by atoms with van der Waals surface area (Å²) in [5.41, 5.74) is 0.624. The van der Waals surface area contributed by atoms with Gasteiger partial charge in [-0.25, -0.2) is 13.8 Å². The molecule has 0 radical (unpaired) electrons. The monoisotopic (exact) mass is 224 g/mol. The van der Waals surface area contributed by atoms with Crippen molar-refractivity contribution in [3.8, 4) is 11.6 Å². The topological polar surface area (TPSA) is 27.1 Å². The summed E-state index contributed by atoms with van der Waals surface area (Å²) in [7, 11) is 1.50. The van der Waals surface area contributed by atoms with Crippen LogP contribution in [0.1, 0.15) is 12.0 Å². The minimum atomic E-state index is -2.47. The Hall–Kier alpha value is -1.91. The maximum absolute atomic E-state index is 12.5. The summed E-state index contributed by atoms with van der Waals surface area (Å²) in [5.74, 6) is 0.447. The molecule has 84 valence electrons. The van der Waals surface area contributed by atoms with Gasteiger partial charge in [0.1, 0.15) is 6.33 Å². The van der Waals surface area contributed by atoms with E-state index >= 15 is 0 Å². The van der Waals surface area contributed by atoms with Crippen LogP contribution >= 0.6 is 0 Å². The molecule has 0 amide bonds. The van der Waals surface area contributed by atoms with Gasteiger partial charge >= 0.3 is 0 Å². The molecule has 5 heteroatoms. The van der Waals surface area contributed by atoms with Crippen molar-refractivity contribution in [2.45, 2.75) is 6.43 Å². The largest absolute Gasteiger partial charge is 0.480 e. The van der Waals surface area contributed by atoms with Crippen LogP contribution in [0.4, 0.5) is 8.78 Å². The molecule has 0 fully saturated rings. The molecule has 0 atom stereocenters. The van der Waals surface area contributed by atoms with Gasteiger partial charge in [0.05, 0.1) is 13.3 Å². The van der Waals surface area contributed by atoms with E-state index in [2.05, 4.69) is 4.98 Å². The Morgan fingerprint density at radius 2 is 2.19 bits per heavy atom. The highest BCUT2D eigenvalue weighted by molar-refractivity contribution is 5.37. The molecule has 0 spiro atoms. The van der Waals surface area contributed by atoms with Crippen molar-refractivity contribution in [2.24, 2.45) is 0 Å². The van der Waals surface area contributed by atoms with Crippen LogP contribution in [-0.4, -0.2) is 16.7 Å². The zero-order chi connectivity index (χ0) is 11.5. The lowest BCUT2D eigenvalue weighted by Gasteiger charge is -2.04. The normalized spacial score (nSPS) is 10.8. The van der Waals surface area contributed by atoms with Crippen molar-refractivity contribution >= 4 is 0 Å². The second-order valence-electron chi connectivity index (χ2n) is 3.22. The van der Waals surface area contributed by atoms with Gasteiger partial charge in [0.2, 0.25) is 5.88 Å². The van der Waals surface area contributed by atoms with Crippen molar-refractivity contribution in [3.05, 3.63) is 42.4 Å². The third-order valence-corrected chi connectivity index (χ3v) is 2.19. The lowest BCUT2D eigenvalue weighted by atomic mass is 10.2. The smallest absolute Gasteiger partial charge is 0.263 e. The van der Waals surface area contributed by atoms with E-state index in [4.69, 9.17) is 4.74 Å². The highest BCUT2D eigenvalue weighted by Gasteiger charge is 2.08. The lowest BCUT2D eigenvalue weighted by molar-refractivity contribution is 0.151. The minimum absolute atomic E-state index is 0.00910. The van der Waals surface area contributed by atoms with Gasteiger partial charge in [0.15, 0.2) is 0 Å². The summed E-state index contributed by atoms with van der Waals surface area (Å²) >= 11 is 0. The Labute approximate surface area is 91.3 Å². The number of methoxy groups -OCH3 is 1. The molecule has 0 aliphatic heterocycles. The van der Waals surface area contributed by atoms with E-state index in [0.29, 0.717) is 11.6 Å². The lowest BCUT2D eigenvalue weighted by Crippen LogP contribution is -1.92. The third kappa shape index (κ3) is 2.03. The molecule has 0 aliphatic carbocycles. The predicted molar refractivity (Wildman–Crippen MR) is 55.1 cm³/mol. The summed E-state index contributed by atoms with van der Waals surface area (Å²) < 4.78 is 31.5. The van der Waals surface area contributed by atoms with Gasteiger partial charge in [0.25, 0.3) is 6.43 Å². The first-order valence-corrected chi connectivity index (χ1v) is 4.67. The number of nitrogens with zero attached hydrogens (tertiary/aromatic N) is 2. The average Bonchev–Trinajstić information content (AvgIpc) is 2.77. The molecule has 1 aromatic heterocycles. The molecule has 1 aromatic carbocycles. The highest BCUT2D eigenvalue weighted by Crippen LogP contribution is 2.21. The van der Waals surface area contributed by atoms with Crippen molar-refractivity contribution in [2.75, 3.05) is 7.11 Å². The van der Waals surface area contributed by atoms with Crippen LogP contribution in [-0.2, 0) is 0 Å². The van der Waals surface area contributed by atoms with Gasteiger partial charge in [-0.2, -0.15) is 0 Å². The molecule has 0 saturated heterocycles. The van der Waals surface area contributed by atoms with Gasteiger partial charge in [0, 0.05) is 11.3 Å². The summed E-state index contributed by atoms with van der Waals surface area (Å²) in [4.78, 5) is 3.94. The maximum Gasteiger partial charge on any atom is 0.263 e. The second-order valence-corrected chi connectivity index (χ2v) is 3.22. The number of ether oxygens (including phenoxy) is 1. The van der Waals surface area contributed by atoms with Crippen LogP contribution < -0.4 is 4.74 Å². The molecule has 0 aliphatic rings. The number of imidazole rings is 1. The third-order valence-electron chi connectivity index (χ3n) is 2.19. The molecule has 2 rings (SSSR count). The van der Waals surface area contributed by atoms with E-state index in [1.165, 1.54) is 25.6 Å². The zero-order valence-corrected chi connectivity index (χ0v) is 8.60. The molecule has 0 bridgehead atoms. The number of hydrogen-bond acceptors (Lipinski definition) is 2. The molecule has 0 N–H and O–H groups in total. The molecule has 2 aromatic rings. The number of hydrogen-bond donors (Lipinski definition) is 0. The molecule has 0 saturated carbocycles. The summed E-state index contributed by atoms with van der Waals surface area (Å²) in [6, 6.07) is 6.13. The van der Waals surface area contributed by atoms with Crippen molar-refractivity contribution < 1.29 is 13.5 Å². The number of alkyl halides is 2. The zero-order valence-electron chi connectivity index (χ0n) is 8.60. The Kier molecular flexibility index (Phi) is 2.85. The second kappa shape index (κ2) is 4.30. The predicted octanol–water partition coefficient (Wildman–Crippen LogP) is 2.82. The first-order chi connectivity index (χ1) is 7.70. The Balaban J connectivity index is 2.36. The summed E-state index contributed by atoms with van der Waals surface area (Å²) in [5, 5.41) is 0. The first kappa shape index (κ1) is 10.6. The van der Waals surface area contributed by atoms with E-state index in [0.717, 1.165) is 0 Å². The minimum Gasteiger partial charge on any atom is -0.480 e. The standard InChI is InChI=1S/C11H10F2N2O/c1-16-10-6-15(7-14-10)9-4-2-3-8(5-9)11(12)13/h2-7,11H,1H3. The molecule has 3 nitrogen and oxygen atoms in total. The van der Waals surface area contributed by atoms with Crippen LogP contribution in [0.2, 0.25) is 0 Å². The van der Waals surface area contributed by atoms with E-state index in [9.17, 15) is 8.78 Å².